The van der Waals surface area contributed by atoms with Crippen molar-refractivity contribution < 1.29 is 9.21 Å². The van der Waals surface area contributed by atoms with Crippen LogP contribution in [0, 0.1) is 13.8 Å². The van der Waals surface area contributed by atoms with Gasteiger partial charge in [0.2, 0.25) is 0 Å². The van der Waals surface area contributed by atoms with Crippen molar-refractivity contribution in [3.63, 3.8) is 0 Å². The van der Waals surface area contributed by atoms with Gasteiger partial charge in [-0.3, -0.25) is 9.48 Å². The Kier molecular flexibility index (Phi) is 4.21. The minimum absolute atomic E-state index is 0.0944. The van der Waals surface area contributed by atoms with Gasteiger partial charge in [0.1, 0.15) is 11.5 Å². The second-order valence-corrected chi connectivity index (χ2v) is 5.81. The molecule has 2 aromatic heterocycles. The Morgan fingerprint density at radius 3 is 2.48 bits per heavy atom. The van der Waals surface area contributed by atoms with Crippen LogP contribution in [0.1, 0.15) is 65.9 Å². The van der Waals surface area contributed by atoms with Crippen LogP contribution in [0.5, 0.6) is 0 Å². The molecule has 0 saturated heterocycles. The fourth-order valence-electron chi connectivity index (χ4n) is 2.41. The van der Waals surface area contributed by atoms with Gasteiger partial charge in [-0.25, -0.2) is 0 Å². The summed E-state index contributed by atoms with van der Waals surface area (Å²) < 4.78 is 7.39. The third-order valence-electron chi connectivity index (χ3n) is 3.62. The molecule has 0 aliphatic carbocycles. The molecule has 0 radical (unpaired) electrons. The lowest BCUT2D eigenvalue weighted by atomic mass is 10.1. The van der Waals surface area contributed by atoms with Crippen molar-refractivity contribution in [3.05, 3.63) is 40.6 Å². The molecular formula is C16H23N3O2. The molecule has 5 heteroatoms. The van der Waals surface area contributed by atoms with E-state index in [1.807, 2.05) is 53.9 Å². The van der Waals surface area contributed by atoms with E-state index in [1.54, 1.807) is 4.68 Å². The summed E-state index contributed by atoms with van der Waals surface area (Å²) in [5.74, 6) is 1.65. The van der Waals surface area contributed by atoms with Gasteiger partial charge < -0.3 is 9.73 Å². The SMILES string of the molecule is Cc1nn(C)cc1C(C)NC(=O)c1cc(C(C)C)oc1C. The Labute approximate surface area is 125 Å². The van der Waals surface area contributed by atoms with Crippen LogP contribution in [0.3, 0.4) is 0 Å². The van der Waals surface area contributed by atoms with Crippen molar-refractivity contribution in [3.8, 4) is 0 Å². The van der Waals surface area contributed by atoms with Crippen molar-refractivity contribution >= 4 is 5.91 Å². The zero-order valence-corrected chi connectivity index (χ0v) is 13.5. The summed E-state index contributed by atoms with van der Waals surface area (Å²) in [6, 6.07) is 1.74. The zero-order valence-electron chi connectivity index (χ0n) is 13.5. The van der Waals surface area contributed by atoms with E-state index in [4.69, 9.17) is 4.42 Å². The first-order valence-electron chi connectivity index (χ1n) is 7.21. The van der Waals surface area contributed by atoms with E-state index in [2.05, 4.69) is 10.4 Å². The molecule has 0 aromatic carbocycles. The molecule has 2 heterocycles. The van der Waals surface area contributed by atoms with Crippen LogP contribution in [-0.2, 0) is 7.05 Å². The Balaban J connectivity index is 2.16. The lowest BCUT2D eigenvalue weighted by Crippen LogP contribution is -2.27. The van der Waals surface area contributed by atoms with Crippen molar-refractivity contribution in [2.45, 2.75) is 46.6 Å². The van der Waals surface area contributed by atoms with Crippen LogP contribution in [0.25, 0.3) is 0 Å². The summed E-state index contributed by atoms with van der Waals surface area (Å²) in [5, 5.41) is 7.31. The highest BCUT2D eigenvalue weighted by molar-refractivity contribution is 5.95. The molecule has 1 amide bonds. The number of carbonyl (C=O) groups excluding carboxylic acids is 1. The van der Waals surface area contributed by atoms with Gasteiger partial charge in [-0.05, 0) is 26.8 Å². The van der Waals surface area contributed by atoms with Gasteiger partial charge in [-0.15, -0.1) is 0 Å². The van der Waals surface area contributed by atoms with Gasteiger partial charge in [0.05, 0.1) is 17.3 Å². The Morgan fingerprint density at radius 2 is 2.00 bits per heavy atom. The normalized spacial score (nSPS) is 12.7. The number of nitrogens with one attached hydrogen (secondary N) is 1. The predicted molar refractivity (Wildman–Crippen MR) is 81.4 cm³/mol. The van der Waals surface area contributed by atoms with E-state index in [0.717, 1.165) is 17.0 Å². The number of aromatic nitrogens is 2. The largest absolute Gasteiger partial charge is 0.465 e. The fraction of sp³-hybridized carbons (Fsp3) is 0.500. The van der Waals surface area contributed by atoms with Gasteiger partial charge in [0, 0.05) is 24.7 Å². The summed E-state index contributed by atoms with van der Waals surface area (Å²) in [6.45, 7) is 9.81. The number of furan rings is 1. The summed E-state index contributed by atoms with van der Waals surface area (Å²) in [5.41, 5.74) is 2.56. The van der Waals surface area contributed by atoms with Crippen molar-refractivity contribution in [2.75, 3.05) is 0 Å². The number of nitrogens with zero attached hydrogens (tertiary/aromatic N) is 2. The predicted octanol–water partition coefficient (Wildman–Crippen LogP) is 3.24. The van der Waals surface area contributed by atoms with E-state index in [1.165, 1.54) is 0 Å². The van der Waals surface area contributed by atoms with Gasteiger partial charge in [-0.2, -0.15) is 5.10 Å². The maximum Gasteiger partial charge on any atom is 0.255 e. The maximum atomic E-state index is 12.4. The molecule has 1 atom stereocenters. The monoisotopic (exact) mass is 289 g/mol. The van der Waals surface area contributed by atoms with Crippen molar-refractivity contribution in [1.82, 2.24) is 15.1 Å². The van der Waals surface area contributed by atoms with Crippen LogP contribution >= 0.6 is 0 Å². The maximum absolute atomic E-state index is 12.4. The van der Waals surface area contributed by atoms with Gasteiger partial charge in [0.15, 0.2) is 0 Å². The molecule has 0 aliphatic rings. The second kappa shape index (κ2) is 5.76. The van der Waals surface area contributed by atoms with E-state index < -0.39 is 0 Å². The first kappa shape index (κ1) is 15.4. The molecule has 1 unspecified atom stereocenters. The number of aryl methyl sites for hydroxylation is 3. The smallest absolute Gasteiger partial charge is 0.255 e. The Morgan fingerprint density at radius 1 is 1.33 bits per heavy atom. The molecule has 2 aromatic rings. The molecule has 0 spiro atoms. The lowest BCUT2D eigenvalue weighted by molar-refractivity contribution is 0.0938. The summed E-state index contributed by atoms with van der Waals surface area (Å²) in [6.07, 6.45) is 1.93. The average Bonchev–Trinajstić information content (AvgIpc) is 2.92. The summed E-state index contributed by atoms with van der Waals surface area (Å²) in [4.78, 5) is 12.4. The highest BCUT2D eigenvalue weighted by Gasteiger charge is 2.20. The molecular weight excluding hydrogens is 266 g/mol. The molecule has 2 rings (SSSR count). The minimum Gasteiger partial charge on any atom is -0.465 e. The van der Waals surface area contributed by atoms with E-state index >= 15 is 0 Å². The number of carbonyl (C=O) groups is 1. The zero-order chi connectivity index (χ0) is 15.7. The summed E-state index contributed by atoms with van der Waals surface area (Å²) >= 11 is 0. The molecule has 21 heavy (non-hydrogen) atoms. The van der Waals surface area contributed by atoms with Gasteiger partial charge in [0.25, 0.3) is 5.91 Å². The van der Waals surface area contributed by atoms with Crippen molar-refractivity contribution in [1.29, 1.82) is 0 Å². The van der Waals surface area contributed by atoms with Gasteiger partial charge in [-0.1, -0.05) is 13.8 Å². The first-order chi connectivity index (χ1) is 9.79. The Bertz CT molecular complexity index is 653. The average molecular weight is 289 g/mol. The molecule has 0 saturated carbocycles. The van der Waals surface area contributed by atoms with Crippen LogP contribution in [0.2, 0.25) is 0 Å². The summed E-state index contributed by atoms with van der Waals surface area (Å²) in [7, 11) is 1.88. The molecule has 0 aliphatic heterocycles. The molecule has 1 N–H and O–H groups in total. The van der Waals surface area contributed by atoms with E-state index in [9.17, 15) is 4.79 Å². The number of rotatable bonds is 4. The van der Waals surface area contributed by atoms with Crippen molar-refractivity contribution in [2.24, 2.45) is 7.05 Å². The minimum atomic E-state index is -0.112. The van der Waals surface area contributed by atoms with E-state index in [0.29, 0.717) is 11.3 Å². The third-order valence-corrected chi connectivity index (χ3v) is 3.62. The topological polar surface area (TPSA) is 60.1 Å². The third kappa shape index (κ3) is 3.17. The highest BCUT2D eigenvalue weighted by Crippen LogP contribution is 2.23. The molecule has 114 valence electrons. The first-order valence-corrected chi connectivity index (χ1v) is 7.21. The Hall–Kier alpha value is -2.04. The highest BCUT2D eigenvalue weighted by atomic mass is 16.3. The number of hydrogen-bond donors (Lipinski definition) is 1. The standard InChI is InChI=1S/C16H23N3O2/c1-9(2)15-7-13(12(5)21-15)16(20)17-10(3)14-8-19(6)18-11(14)4/h7-10H,1-6H3,(H,17,20). The quantitative estimate of drug-likeness (QED) is 0.940. The van der Waals surface area contributed by atoms with Crippen LogP contribution in [0.15, 0.2) is 16.7 Å². The second-order valence-electron chi connectivity index (χ2n) is 5.81. The molecule has 0 fully saturated rings. The van der Waals surface area contributed by atoms with Crippen LogP contribution in [-0.4, -0.2) is 15.7 Å². The molecule has 5 nitrogen and oxygen atoms in total. The van der Waals surface area contributed by atoms with Crippen LogP contribution in [0.4, 0.5) is 0 Å². The van der Waals surface area contributed by atoms with E-state index in [-0.39, 0.29) is 17.9 Å². The lowest BCUT2D eigenvalue weighted by Gasteiger charge is -2.12. The number of hydrogen-bond acceptors (Lipinski definition) is 3. The van der Waals surface area contributed by atoms with Crippen LogP contribution < -0.4 is 5.32 Å². The molecule has 0 bridgehead atoms. The van der Waals surface area contributed by atoms with Gasteiger partial charge >= 0.3 is 0 Å². The fourth-order valence-corrected chi connectivity index (χ4v) is 2.41. The number of amides is 1.